The molecule has 0 aliphatic carbocycles. The number of alkyl halides is 3. The molecule has 102 valence electrons. The molecule has 2 nitrogen and oxygen atoms in total. The Balaban J connectivity index is 3.00. The van der Waals surface area contributed by atoms with Crippen LogP contribution in [0.5, 0.6) is 0 Å². The molecule has 0 aliphatic rings. The quantitative estimate of drug-likeness (QED) is 0.847. The van der Waals surface area contributed by atoms with E-state index in [4.69, 9.17) is 5.73 Å². The lowest BCUT2D eigenvalue weighted by Crippen LogP contribution is -2.42. The summed E-state index contributed by atoms with van der Waals surface area (Å²) >= 11 is 0. The number of halogens is 4. The van der Waals surface area contributed by atoms with Crippen molar-refractivity contribution >= 4 is 0 Å². The molecule has 2 N–H and O–H groups in total. The van der Waals surface area contributed by atoms with Gasteiger partial charge in [0.05, 0.1) is 12.6 Å². The Labute approximate surface area is 103 Å². The van der Waals surface area contributed by atoms with E-state index < -0.39 is 30.6 Å². The van der Waals surface area contributed by atoms with E-state index in [-0.39, 0.29) is 5.56 Å². The summed E-state index contributed by atoms with van der Waals surface area (Å²) in [4.78, 5) is 1.02. The summed E-state index contributed by atoms with van der Waals surface area (Å²) in [7, 11) is 1.29. The lowest BCUT2D eigenvalue weighted by Gasteiger charge is -2.32. The minimum absolute atomic E-state index is 0.180. The maximum absolute atomic E-state index is 13.6. The van der Waals surface area contributed by atoms with Gasteiger partial charge in [-0.1, -0.05) is 18.2 Å². The van der Waals surface area contributed by atoms with Crippen molar-refractivity contribution in [2.75, 3.05) is 13.6 Å². The Hall–Kier alpha value is -1.14. The van der Waals surface area contributed by atoms with Gasteiger partial charge in [-0.15, -0.1) is 0 Å². The van der Waals surface area contributed by atoms with Crippen LogP contribution in [0.4, 0.5) is 17.6 Å². The van der Waals surface area contributed by atoms with E-state index >= 15 is 0 Å². The van der Waals surface area contributed by atoms with Gasteiger partial charge in [0, 0.05) is 11.6 Å². The Morgan fingerprint density at radius 1 is 1.28 bits per heavy atom. The topological polar surface area (TPSA) is 29.3 Å². The predicted molar refractivity (Wildman–Crippen MR) is 61.5 cm³/mol. The highest BCUT2D eigenvalue weighted by atomic mass is 19.4. The predicted octanol–water partition coefficient (Wildman–Crippen LogP) is 2.71. The van der Waals surface area contributed by atoms with E-state index in [0.29, 0.717) is 0 Å². The second-order valence-corrected chi connectivity index (χ2v) is 4.36. The van der Waals surface area contributed by atoms with Crippen molar-refractivity contribution in [3.05, 3.63) is 35.6 Å². The second-order valence-electron chi connectivity index (χ2n) is 4.36. The molecule has 2 atom stereocenters. The van der Waals surface area contributed by atoms with Gasteiger partial charge in [0.2, 0.25) is 0 Å². The fraction of sp³-hybridized carbons (Fsp3) is 0.500. The van der Waals surface area contributed by atoms with Crippen LogP contribution in [0.25, 0.3) is 0 Å². The summed E-state index contributed by atoms with van der Waals surface area (Å²) in [5.41, 5.74) is 5.86. The van der Waals surface area contributed by atoms with Gasteiger partial charge in [-0.05, 0) is 20.0 Å². The average molecular weight is 264 g/mol. The van der Waals surface area contributed by atoms with Crippen molar-refractivity contribution < 1.29 is 17.6 Å². The maximum Gasteiger partial charge on any atom is 0.401 e. The third kappa shape index (κ3) is 3.96. The molecule has 0 saturated carbocycles. The highest BCUT2D eigenvalue weighted by Gasteiger charge is 2.34. The van der Waals surface area contributed by atoms with Crippen molar-refractivity contribution in [2.45, 2.75) is 25.2 Å². The number of nitrogens with zero attached hydrogens (tertiary/aromatic N) is 1. The summed E-state index contributed by atoms with van der Waals surface area (Å²) < 4.78 is 50.7. The number of nitrogens with two attached hydrogens (primary N) is 1. The molecule has 1 aromatic rings. The van der Waals surface area contributed by atoms with Gasteiger partial charge in [0.1, 0.15) is 5.82 Å². The zero-order chi connectivity index (χ0) is 13.9. The van der Waals surface area contributed by atoms with E-state index in [1.165, 1.54) is 25.2 Å². The van der Waals surface area contributed by atoms with Crippen LogP contribution in [-0.2, 0) is 0 Å². The SMILES string of the molecule is CC(N)C(c1ccccc1F)N(C)CC(F)(F)F. The van der Waals surface area contributed by atoms with Crippen LogP contribution in [0.15, 0.2) is 24.3 Å². The summed E-state index contributed by atoms with van der Waals surface area (Å²) in [6.07, 6.45) is -4.34. The van der Waals surface area contributed by atoms with Gasteiger partial charge in [0.15, 0.2) is 0 Å². The molecule has 0 saturated heterocycles. The molecule has 18 heavy (non-hydrogen) atoms. The van der Waals surface area contributed by atoms with E-state index in [2.05, 4.69) is 0 Å². The largest absolute Gasteiger partial charge is 0.401 e. The Morgan fingerprint density at radius 2 is 1.83 bits per heavy atom. The highest BCUT2D eigenvalue weighted by Crippen LogP contribution is 2.27. The van der Waals surface area contributed by atoms with Crippen LogP contribution in [0.3, 0.4) is 0 Å². The van der Waals surface area contributed by atoms with E-state index in [0.717, 1.165) is 4.90 Å². The smallest absolute Gasteiger partial charge is 0.326 e. The molecule has 0 aromatic heterocycles. The fourth-order valence-corrected chi connectivity index (χ4v) is 2.02. The standard InChI is InChI=1S/C12H16F4N2/c1-8(17)11(18(2)7-12(14,15)16)9-5-3-4-6-10(9)13/h3-6,8,11H,7,17H2,1-2H3. The molecule has 0 heterocycles. The summed E-state index contributed by atoms with van der Waals surface area (Å²) in [5.74, 6) is -0.547. The summed E-state index contributed by atoms with van der Waals surface area (Å²) in [6.45, 7) is 0.428. The number of benzene rings is 1. The van der Waals surface area contributed by atoms with Crippen LogP contribution in [0, 0.1) is 5.82 Å². The van der Waals surface area contributed by atoms with Crippen molar-refractivity contribution in [1.82, 2.24) is 4.90 Å². The first kappa shape index (κ1) is 14.9. The Morgan fingerprint density at radius 3 is 2.28 bits per heavy atom. The van der Waals surface area contributed by atoms with Crippen molar-refractivity contribution in [3.63, 3.8) is 0 Å². The van der Waals surface area contributed by atoms with E-state index in [1.807, 2.05) is 0 Å². The van der Waals surface area contributed by atoms with Crippen molar-refractivity contribution in [3.8, 4) is 0 Å². The molecule has 0 radical (unpaired) electrons. The lowest BCUT2D eigenvalue weighted by atomic mass is 9.99. The number of hydrogen-bond acceptors (Lipinski definition) is 2. The van der Waals surface area contributed by atoms with Gasteiger partial charge in [-0.2, -0.15) is 13.2 Å². The molecular formula is C12H16F4N2. The van der Waals surface area contributed by atoms with Gasteiger partial charge in [-0.3, -0.25) is 4.90 Å². The van der Waals surface area contributed by atoms with E-state index in [1.54, 1.807) is 13.0 Å². The molecule has 0 amide bonds. The first-order valence-corrected chi connectivity index (χ1v) is 5.49. The Kier molecular flexibility index (Phi) is 4.70. The molecule has 6 heteroatoms. The molecular weight excluding hydrogens is 248 g/mol. The molecule has 2 unspecified atom stereocenters. The van der Waals surface area contributed by atoms with Gasteiger partial charge in [-0.25, -0.2) is 4.39 Å². The lowest BCUT2D eigenvalue weighted by molar-refractivity contribution is -0.148. The van der Waals surface area contributed by atoms with Crippen LogP contribution < -0.4 is 5.73 Å². The third-order valence-corrected chi connectivity index (χ3v) is 2.63. The molecule has 0 spiro atoms. The number of rotatable bonds is 4. The maximum atomic E-state index is 13.6. The van der Waals surface area contributed by atoms with Gasteiger partial charge in [0.25, 0.3) is 0 Å². The number of likely N-dealkylation sites (N-methyl/N-ethyl adjacent to an activating group) is 1. The molecule has 1 aromatic carbocycles. The molecule has 0 bridgehead atoms. The van der Waals surface area contributed by atoms with Gasteiger partial charge < -0.3 is 5.73 Å². The summed E-state index contributed by atoms with van der Waals surface area (Å²) in [5, 5.41) is 0. The zero-order valence-electron chi connectivity index (χ0n) is 10.2. The van der Waals surface area contributed by atoms with Crippen LogP contribution in [0.2, 0.25) is 0 Å². The zero-order valence-corrected chi connectivity index (χ0v) is 10.2. The minimum Gasteiger partial charge on any atom is -0.326 e. The van der Waals surface area contributed by atoms with Crippen LogP contribution >= 0.6 is 0 Å². The fourth-order valence-electron chi connectivity index (χ4n) is 2.02. The van der Waals surface area contributed by atoms with Crippen molar-refractivity contribution in [1.29, 1.82) is 0 Å². The van der Waals surface area contributed by atoms with Crippen molar-refractivity contribution in [2.24, 2.45) is 5.73 Å². The normalized spacial score (nSPS) is 15.8. The highest BCUT2D eigenvalue weighted by molar-refractivity contribution is 5.22. The summed E-state index contributed by atoms with van der Waals surface area (Å²) in [6, 6.07) is 4.31. The van der Waals surface area contributed by atoms with Crippen LogP contribution in [-0.4, -0.2) is 30.7 Å². The Bertz CT molecular complexity index is 390. The second kappa shape index (κ2) is 5.67. The van der Waals surface area contributed by atoms with Crippen LogP contribution in [0.1, 0.15) is 18.5 Å². The minimum atomic E-state index is -4.34. The molecule has 0 fully saturated rings. The van der Waals surface area contributed by atoms with Gasteiger partial charge >= 0.3 is 6.18 Å². The first-order chi connectivity index (χ1) is 8.22. The molecule has 1 rings (SSSR count). The average Bonchev–Trinajstić information content (AvgIpc) is 2.17. The third-order valence-electron chi connectivity index (χ3n) is 2.63. The number of hydrogen-bond donors (Lipinski definition) is 1. The first-order valence-electron chi connectivity index (χ1n) is 5.49. The molecule has 0 aliphatic heterocycles. The van der Waals surface area contributed by atoms with E-state index in [9.17, 15) is 17.6 Å². The monoisotopic (exact) mass is 264 g/mol.